The van der Waals surface area contributed by atoms with Gasteiger partial charge in [-0.15, -0.1) is 0 Å². The van der Waals surface area contributed by atoms with E-state index in [0.29, 0.717) is 5.02 Å². The third kappa shape index (κ3) is 4.15. The summed E-state index contributed by atoms with van der Waals surface area (Å²) in [7, 11) is 0. The number of halogens is 5. The van der Waals surface area contributed by atoms with Crippen molar-refractivity contribution in [2.45, 2.75) is 0 Å². The molecule has 0 bridgehead atoms. The van der Waals surface area contributed by atoms with E-state index < -0.39 is 27.5 Å². The van der Waals surface area contributed by atoms with Crippen LogP contribution >= 0.6 is 58.0 Å². The molecule has 0 atom stereocenters. The molecule has 0 spiro atoms. The zero-order chi connectivity index (χ0) is 18.0. The highest BCUT2D eigenvalue weighted by Gasteiger charge is 2.28. The van der Waals surface area contributed by atoms with Gasteiger partial charge in [-0.1, -0.05) is 58.0 Å². The molecule has 24 heavy (non-hydrogen) atoms. The Balaban J connectivity index is 2.30. The highest BCUT2D eigenvalue weighted by molar-refractivity contribution is 6.45. The number of nitro groups is 1. The van der Waals surface area contributed by atoms with E-state index >= 15 is 0 Å². The zero-order valence-corrected chi connectivity index (χ0v) is 15.1. The fourth-order valence-corrected chi connectivity index (χ4v) is 2.64. The van der Waals surface area contributed by atoms with Gasteiger partial charge in [0, 0.05) is 5.69 Å². The van der Waals surface area contributed by atoms with E-state index in [1.165, 1.54) is 18.2 Å². The number of hydrogen-bond acceptors (Lipinski definition) is 4. The van der Waals surface area contributed by atoms with Crippen molar-refractivity contribution in [3.63, 3.8) is 0 Å². The molecule has 1 amide bonds. The van der Waals surface area contributed by atoms with Crippen LogP contribution in [-0.4, -0.2) is 11.0 Å². The van der Waals surface area contributed by atoms with Crippen LogP contribution in [0.3, 0.4) is 0 Å². The number of rotatable bonds is 3. The minimum absolute atomic E-state index is 0.148. The Hall–Kier alpha value is -1.44. The lowest BCUT2D eigenvalue weighted by Crippen LogP contribution is -2.17. The Morgan fingerprint density at radius 3 is 2.25 bits per heavy atom. The topological polar surface area (TPSA) is 81.5 Å². The molecule has 126 valence electrons. The normalized spacial score (nSPS) is 10.4. The standard InChI is InChI=1S/C13H5Cl5N2O4/c14-6-2-1-5(3-7(6)15)19-13(21)24-12-9(17)4-8(16)10(18)11(12)20(22)23/h1-4H,(H,19,21). The van der Waals surface area contributed by atoms with Crippen LogP contribution in [0.5, 0.6) is 5.75 Å². The predicted octanol–water partition coefficient (Wildman–Crippen LogP) is 6.47. The van der Waals surface area contributed by atoms with Crippen molar-refractivity contribution in [2.24, 2.45) is 0 Å². The van der Waals surface area contributed by atoms with E-state index in [0.717, 1.165) is 6.07 Å². The Kier molecular flexibility index (Phi) is 6.01. The molecule has 0 unspecified atom stereocenters. The van der Waals surface area contributed by atoms with Gasteiger partial charge in [-0.25, -0.2) is 4.79 Å². The molecule has 1 N–H and O–H groups in total. The lowest BCUT2D eigenvalue weighted by molar-refractivity contribution is -0.385. The first-order valence-electron chi connectivity index (χ1n) is 5.96. The molecule has 2 aromatic carbocycles. The SMILES string of the molecule is O=C(Nc1ccc(Cl)c(Cl)c1)Oc1c(Cl)cc(Cl)c(Cl)c1[N+](=O)[O-]. The average Bonchev–Trinajstić information content (AvgIpc) is 2.48. The molecule has 2 rings (SSSR count). The molecule has 0 saturated carbocycles. The van der Waals surface area contributed by atoms with Crippen LogP contribution in [0.1, 0.15) is 0 Å². The van der Waals surface area contributed by atoms with E-state index in [-0.39, 0.29) is 20.8 Å². The summed E-state index contributed by atoms with van der Waals surface area (Å²) in [5.41, 5.74) is -0.466. The second kappa shape index (κ2) is 7.63. The largest absolute Gasteiger partial charge is 0.417 e. The Bertz CT molecular complexity index is 844. The third-order valence-corrected chi connectivity index (χ3v) is 4.44. The molecule has 0 aliphatic rings. The van der Waals surface area contributed by atoms with E-state index in [1.807, 2.05) is 0 Å². The highest BCUT2D eigenvalue weighted by Crippen LogP contribution is 2.44. The van der Waals surface area contributed by atoms with E-state index in [4.69, 9.17) is 62.7 Å². The number of hydrogen-bond donors (Lipinski definition) is 1. The molecule has 0 fully saturated rings. The van der Waals surface area contributed by atoms with Crippen molar-refractivity contribution in [3.05, 3.63) is 59.5 Å². The van der Waals surface area contributed by atoms with Crippen LogP contribution < -0.4 is 10.1 Å². The number of amides is 1. The molecule has 0 heterocycles. The quantitative estimate of drug-likeness (QED) is 0.344. The first-order valence-corrected chi connectivity index (χ1v) is 7.85. The Labute approximate surface area is 160 Å². The second-order valence-corrected chi connectivity index (χ2v) is 6.24. The number of anilines is 1. The van der Waals surface area contributed by atoms with Crippen molar-refractivity contribution in [2.75, 3.05) is 5.32 Å². The summed E-state index contributed by atoms with van der Waals surface area (Å²) in [6, 6.07) is 5.41. The maximum atomic E-state index is 11.9. The summed E-state index contributed by atoms with van der Waals surface area (Å²) in [6.07, 6.45) is -1.04. The minimum Gasteiger partial charge on any atom is -0.401 e. The zero-order valence-electron chi connectivity index (χ0n) is 11.3. The monoisotopic (exact) mass is 428 g/mol. The summed E-state index contributed by atoms with van der Waals surface area (Å²) >= 11 is 28.9. The van der Waals surface area contributed by atoms with Gasteiger partial charge in [0.05, 0.1) is 25.0 Å². The number of carbonyl (C=O) groups is 1. The summed E-state index contributed by atoms with van der Waals surface area (Å²) in [6.45, 7) is 0. The van der Waals surface area contributed by atoms with Crippen molar-refractivity contribution < 1.29 is 14.5 Å². The number of nitro benzene ring substituents is 1. The maximum Gasteiger partial charge on any atom is 0.417 e. The van der Waals surface area contributed by atoms with Crippen LogP contribution in [0.2, 0.25) is 25.1 Å². The molecule has 0 aliphatic heterocycles. The van der Waals surface area contributed by atoms with E-state index in [9.17, 15) is 14.9 Å². The van der Waals surface area contributed by atoms with Crippen molar-refractivity contribution in [3.8, 4) is 5.75 Å². The molecule has 0 aromatic heterocycles. The van der Waals surface area contributed by atoms with E-state index in [2.05, 4.69) is 5.32 Å². The van der Waals surface area contributed by atoms with Crippen molar-refractivity contribution in [1.29, 1.82) is 0 Å². The first kappa shape index (κ1) is 18.9. The minimum atomic E-state index is -1.04. The van der Waals surface area contributed by atoms with E-state index in [1.54, 1.807) is 0 Å². The molecule has 0 aliphatic carbocycles. The van der Waals surface area contributed by atoms with Crippen LogP contribution in [0, 0.1) is 10.1 Å². The summed E-state index contributed by atoms with van der Waals surface area (Å²) in [5, 5.41) is 13.1. The number of nitrogens with one attached hydrogen (secondary N) is 1. The van der Waals surface area contributed by atoms with Crippen LogP contribution in [0.25, 0.3) is 0 Å². The number of benzene rings is 2. The number of carbonyl (C=O) groups excluding carboxylic acids is 1. The van der Waals surface area contributed by atoms with Gasteiger partial charge in [0.15, 0.2) is 0 Å². The van der Waals surface area contributed by atoms with Gasteiger partial charge >= 0.3 is 11.8 Å². The van der Waals surface area contributed by atoms with Gasteiger partial charge < -0.3 is 4.74 Å². The van der Waals surface area contributed by atoms with Crippen LogP contribution in [-0.2, 0) is 0 Å². The fraction of sp³-hybridized carbons (Fsp3) is 0. The number of nitrogens with zero attached hydrogens (tertiary/aromatic N) is 1. The third-order valence-electron chi connectivity index (χ3n) is 2.65. The maximum absolute atomic E-state index is 11.9. The van der Waals surface area contributed by atoms with Gasteiger partial charge in [0.1, 0.15) is 5.02 Å². The van der Waals surface area contributed by atoms with Gasteiger partial charge in [-0.3, -0.25) is 15.4 Å². The smallest absolute Gasteiger partial charge is 0.401 e. The summed E-state index contributed by atoms with van der Waals surface area (Å²) in [4.78, 5) is 22.2. The molecular formula is C13H5Cl5N2O4. The molecule has 0 radical (unpaired) electrons. The molecule has 6 nitrogen and oxygen atoms in total. The van der Waals surface area contributed by atoms with Crippen molar-refractivity contribution in [1.82, 2.24) is 0 Å². The lowest BCUT2D eigenvalue weighted by Gasteiger charge is -2.10. The van der Waals surface area contributed by atoms with Gasteiger partial charge in [-0.05, 0) is 24.3 Å². The lowest BCUT2D eigenvalue weighted by atomic mass is 10.3. The molecule has 2 aromatic rings. The first-order chi connectivity index (χ1) is 11.2. The molecule has 11 heteroatoms. The van der Waals surface area contributed by atoms with Crippen LogP contribution in [0.15, 0.2) is 24.3 Å². The van der Waals surface area contributed by atoms with Gasteiger partial charge in [0.25, 0.3) is 0 Å². The molecular weight excluding hydrogens is 425 g/mol. The predicted molar refractivity (Wildman–Crippen MR) is 94.2 cm³/mol. The summed E-state index contributed by atoms with van der Waals surface area (Å²) < 4.78 is 4.90. The Morgan fingerprint density at radius 2 is 1.67 bits per heavy atom. The van der Waals surface area contributed by atoms with Gasteiger partial charge in [0.2, 0.25) is 5.75 Å². The average molecular weight is 430 g/mol. The van der Waals surface area contributed by atoms with Gasteiger partial charge in [-0.2, -0.15) is 0 Å². The second-order valence-electron chi connectivity index (χ2n) is 4.23. The van der Waals surface area contributed by atoms with Crippen LogP contribution in [0.4, 0.5) is 16.2 Å². The molecule has 0 saturated heterocycles. The highest BCUT2D eigenvalue weighted by atomic mass is 35.5. The number of ether oxygens (including phenoxy) is 1. The Morgan fingerprint density at radius 1 is 1.00 bits per heavy atom. The van der Waals surface area contributed by atoms with Crippen molar-refractivity contribution >= 4 is 75.5 Å². The summed E-state index contributed by atoms with van der Waals surface area (Å²) in [5.74, 6) is -0.534. The fourth-order valence-electron chi connectivity index (χ4n) is 1.64.